The van der Waals surface area contributed by atoms with Crippen molar-refractivity contribution < 1.29 is 0 Å². The maximum absolute atomic E-state index is 4.93. The van der Waals surface area contributed by atoms with Crippen LogP contribution in [0.4, 0.5) is 5.69 Å². The molecule has 1 aliphatic carbocycles. The van der Waals surface area contributed by atoms with Crippen LogP contribution in [-0.4, -0.2) is 33.6 Å². The Bertz CT molecular complexity index is 937. The third kappa shape index (κ3) is 3.34. The van der Waals surface area contributed by atoms with Crippen LogP contribution in [0.2, 0.25) is 0 Å². The van der Waals surface area contributed by atoms with E-state index in [9.17, 15) is 0 Å². The highest BCUT2D eigenvalue weighted by Crippen LogP contribution is 2.28. The summed E-state index contributed by atoms with van der Waals surface area (Å²) in [5, 5.41) is 3.58. The van der Waals surface area contributed by atoms with Crippen molar-refractivity contribution in [1.82, 2.24) is 14.5 Å². The van der Waals surface area contributed by atoms with Gasteiger partial charge >= 0.3 is 0 Å². The molecule has 1 aliphatic heterocycles. The number of hydrogen-bond donors (Lipinski definition) is 1. The standard InChI is InChI=1S/C23H28N4/c1-17-5-7-18(8-6-17)16-24-19-9-10-21-22(15-19)27-14-13-26(20-3-2-4-20)12-11-23(27)25-21/h5-10,15,20,24H,2-4,11-14,16H2,1H3. The fraction of sp³-hybridized carbons (Fsp3) is 0.435. The van der Waals surface area contributed by atoms with Gasteiger partial charge < -0.3 is 9.88 Å². The second-order valence-corrected chi connectivity index (χ2v) is 8.09. The summed E-state index contributed by atoms with van der Waals surface area (Å²) in [6.07, 6.45) is 5.24. The molecule has 0 bridgehead atoms. The molecular weight excluding hydrogens is 332 g/mol. The van der Waals surface area contributed by atoms with E-state index in [1.165, 1.54) is 47.4 Å². The molecule has 1 fully saturated rings. The first-order chi connectivity index (χ1) is 13.3. The molecule has 0 radical (unpaired) electrons. The molecule has 4 heteroatoms. The summed E-state index contributed by atoms with van der Waals surface area (Å²) >= 11 is 0. The summed E-state index contributed by atoms with van der Waals surface area (Å²) in [5.74, 6) is 1.25. The third-order valence-electron chi connectivity index (χ3n) is 6.27. The largest absolute Gasteiger partial charge is 0.381 e. The van der Waals surface area contributed by atoms with Crippen LogP contribution in [0.5, 0.6) is 0 Å². The van der Waals surface area contributed by atoms with Gasteiger partial charge in [-0.15, -0.1) is 0 Å². The monoisotopic (exact) mass is 360 g/mol. The number of aryl methyl sites for hydroxylation is 1. The lowest BCUT2D eigenvalue weighted by atomic mass is 9.91. The zero-order valence-electron chi connectivity index (χ0n) is 16.1. The first-order valence-corrected chi connectivity index (χ1v) is 10.3. The highest BCUT2D eigenvalue weighted by Gasteiger charge is 2.27. The van der Waals surface area contributed by atoms with E-state index in [0.29, 0.717) is 0 Å². The van der Waals surface area contributed by atoms with Crippen LogP contribution >= 0.6 is 0 Å². The van der Waals surface area contributed by atoms with Crippen molar-refractivity contribution in [2.75, 3.05) is 18.4 Å². The van der Waals surface area contributed by atoms with E-state index in [1.807, 2.05) is 0 Å². The number of nitrogens with zero attached hydrogens (tertiary/aromatic N) is 3. The van der Waals surface area contributed by atoms with Gasteiger partial charge in [-0.05, 0) is 43.5 Å². The fourth-order valence-electron chi connectivity index (χ4n) is 4.33. The Morgan fingerprint density at radius 1 is 1.04 bits per heavy atom. The second kappa shape index (κ2) is 7.01. The Morgan fingerprint density at radius 2 is 1.89 bits per heavy atom. The molecule has 0 atom stereocenters. The van der Waals surface area contributed by atoms with E-state index in [-0.39, 0.29) is 0 Å². The number of rotatable bonds is 4. The lowest BCUT2D eigenvalue weighted by molar-refractivity contribution is 0.130. The van der Waals surface area contributed by atoms with Gasteiger partial charge in [-0.3, -0.25) is 4.90 Å². The van der Waals surface area contributed by atoms with E-state index in [0.717, 1.165) is 44.2 Å². The number of benzene rings is 2. The average molecular weight is 361 g/mol. The van der Waals surface area contributed by atoms with Gasteiger partial charge in [0.05, 0.1) is 11.0 Å². The van der Waals surface area contributed by atoms with E-state index < -0.39 is 0 Å². The number of anilines is 1. The molecule has 0 spiro atoms. The van der Waals surface area contributed by atoms with Gasteiger partial charge in [0.1, 0.15) is 5.82 Å². The highest BCUT2D eigenvalue weighted by molar-refractivity contribution is 5.80. The average Bonchev–Trinajstić information content (AvgIpc) is 2.86. The molecule has 2 aliphatic rings. The van der Waals surface area contributed by atoms with Crippen molar-refractivity contribution in [3.8, 4) is 0 Å². The summed E-state index contributed by atoms with van der Waals surface area (Å²) in [5.41, 5.74) is 6.19. The number of nitrogens with one attached hydrogen (secondary N) is 1. The molecule has 0 amide bonds. The fourth-order valence-corrected chi connectivity index (χ4v) is 4.33. The molecule has 5 rings (SSSR count). The van der Waals surface area contributed by atoms with E-state index in [1.54, 1.807) is 0 Å². The second-order valence-electron chi connectivity index (χ2n) is 8.09. The minimum Gasteiger partial charge on any atom is -0.381 e. The van der Waals surface area contributed by atoms with Crippen LogP contribution in [0.15, 0.2) is 42.5 Å². The van der Waals surface area contributed by atoms with Crippen molar-refractivity contribution in [3.05, 3.63) is 59.4 Å². The Kier molecular flexibility index (Phi) is 4.36. The SMILES string of the molecule is Cc1ccc(CNc2ccc3nc4n(c3c2)CCN(C2CCC2)CC4)cc1. The van der Waals surface area contributed by atoms with Crippen LogP contribution in [0.1, 0.15) is 36.2 Å². The van der Waals surface area contributed by atoms with Gasteiger partial charge in [0.2, 0.25) is 0 Å². The molecular formula is C23H28N4. The summed E-state index contributed by atoms with van der Waals surface area (Å²) < 4.78 is 2.45. The maximum Gasteiger partial charge on any atom is 0.111 e. The summed E-state index contributed by atoms with van der Waals surface area (Å²) in [6.45, 7) is 6.35. The number of imidazole rings is 1. The van der Waals surface area contributed by atoms with Crippen molar-refractivity contribution in [2.24, 2.45) is 0 Å². The van der Waals surface area contributed by atoms with Gasteiger partial charge in [0.25, 0.3) is 0 Å². The zero-order valence-corrected chi connectivity index (χ0v) is 16.1. The molecule has 1 N–H and O–H groups in total. The predicted octanol–water partition coefficient (Wildman–Crippen LogP) is 4.37. The van der Waals surface area contributed by atoms with Crippen molar-refractivity contribution >= 4 is 16.7 Å². The lowest BCUT2D eigenvalue weighted by Crippen LogP contribution is -2.41. The summed E-state index contributed by atoms with van der Waals surface area (Å²) in [6, 6.07) is 16.2. The van der Waals surface area contributed by atoms with Gasteiger partial charge in [-0.25, -0.2) is 4.98 Å². The van der Waals surface area contributed by atoms with Gasteiger partial charge in [-0.1, -0.05) is 36.2 Å². The topological polar surface area (TPSA) is 33.1 Å². The Labute approximate surface area is 161 Å². The maximum atomic E-state index is 4.93. The normalized spacial score (nSPS) is 18.1. The first-order valence-electron chi connectivity index (χ1n) is 10.3. The van der Waals surface area contributed by atoms with Crippen LogP contribution in [0.3, 0.4) is 0 Å². The predicted molar refractivity (Wildman–Crippen MR) is 111 cm³/mol. The minimum atomic E-state index is 0.826. The molecule has 140 valence electrons. The number of aromatic nitrogens is 2. The lowest BCUT2D eigenvalue weighted by Gasteiger charge is -2.36. The molecule has 1 saturated carbocycles. The third-order valence-corrected chi connectivity index (χ3v) is 6.27. The molecule has 3 aromatic rings. The van der Waals surface area contributed by atoms with Gasteiger partial charge in [-0.2, -0.15) is 0 Å². The van der Waals surface area contributed by atoms with Crippen LogP contribution in [-0.2, 0) is 19.5 Å². The Hall–Kier alpha value is -2.33. The Morgan fingerprint density at radius 3 is 2.67 bits per heavy atom. The van der Waals surface area contributed by atoms with Crippen molar-refractivity contribution in [1.29, 1.82) is 0 Å². The minimum absolute atomic E-state index is 0.826. The summed E-state index contributed by atoms with van der Waals surface area (Å²) in [4.78, 5) is 7.61. The van der Waals surface area contributed by atoms with Crippen molar-refractivity contribution in [2.45, 2.75) is 51.7 Å². The first kappa shape index (κ1) is 16.8. The van der Waals surface area contributed by atoms with Crippen LogP contribution < -0.4 is 5.32 Å². The quantitative estimate of drug-likeness (QED) is 0.750. The Balaban J connectivity index is 1.34. The molecule has 2 heterocycles. The molecule has 0 saturated heterocycles. The van der Waals surface area contributed by atoms with Crippen LogP contribution in [0.25, 0.3) is 11.0 Å². The van der Waals surface area contributed by atoms with E-state index in [2.05, 4.69) is 64.2 Å². The highest BCUT2D eigenvalue weighted by atomic mass is 15.2. The zero-order chi connectivity index (χ0) is 18.2. The van der Waals surface area contributed by atoms with E-state index >= 15 is 0 Å². The smallest absolute Gasteiger partial charge is 0.111 e. The van der Waals surface area contributed by atoms with Crippen molar-refractivity contribution in [3.63, 3.8) is 0 Å². The van der Waals surface area contributed by atoms with E-state index in [4.69, 9.17) is 4.98 Å². The number of fused-ring (bicyclic) bond motifs is 3. The molecule has 4 nitrogen and oxygen atoms in total. The van der Waals surface area contributed by atoms with Gasteiger partial charge in [0.15, 0.2) is 0 Å². The van der Waals surface area contributed by atoms with Crippen LogP contribution in [0, 0.1) is 6.92 Å². The molecule has 27 heavy (non-hydrogen) atoms. The molecule has 1 aromatic heterocycles. The summed E-state index contributed by atoms with van der Waals surface area (Å²) in [7, 11) is 0. The number of hydrogen-bond acceptors (Lipinski definition) is 3. The van der Waals surface area contributed by atoms with Gasteiger partial charge in [0, 0.05) is 44.3 Å². The molecule has 2 aromatic carbocycles. The molecule has 0 unspecified atom stereocenters.